The monoisotopic (exact) mass is 524 g/mol. The summed E-state index contributed by atoms with van der Waals surface area (Å²) in [6, 6.07) is 8.01. The van der Waals surface area contributed by atoms with Crippen LogP contribution in [-0.4, -0.2) is 56.1 Å². The van der Waals surface area contributed by atoms with Gasteiger partial charge in [-0.2, -0.15) is 0 Å². The molecule has 0 radical (unpaired) electrons. The SMILES string of the molecule is CCC(=O)N1CCC(NC(=NC)NCCOc2cccc(Br)c2)C1.I. The van der Waals surface area contributed by atoms with Gasteiger partial charge in [0.25, 0.3) is 0 Å². The number of likely N-dealkylation sites (tertiary alicyclic amines) is 1. The van der Waals surface area contributed by atoms with E-state index in [0.29, 0.717) is 19.6 Å². The lowest BCUT2D eigenvalue weighted by Gasteiger charge is -2.18. The molecule has 140 valence electrons. The Morgan fingerprint density at radius 2 is 2.28 bits per heavy atom. The Hall–Kier alpha value is -1.03. The molecular formula is C17H26BrIN4O2. The summed E-state index contributed by atoms with van der Waals surface area (Å²) < 4.78 is 6.68. The number of guanidine groups is 1. The largest absolute Gasteiger partial charge is 0.492 e. The van der Waals surface area contributed by atoms with Gasteiger partial charge in [0.15, 0.2) is 5.96 Å². The van der Waals surface area contributed by atoms with Crippen molar-refractivity contribution in [2.45, 2.75) is 25.8 Å². The van der Waals surface area contributed by atoms with Gasteiger partial charge in [-0.15, -0.1) is 24.0 Å². The van der Waals surface area contributed by atoms with Crippen LogP contribution in [0.3, 0.4) is 0 Å². The molecule has 1 heterocycles. The second-order valence-corrected chi connectivity index (χ2v) is 6.54. The summed E-state index contributed by atoms with van der Waals surface area (Å²) in [5.74, 6) is 1.78. The van der Waals surface area contributed by atoms with Crippen LogP contribution in [0.1, 0.15) is 19.8 Å². The molecule has 0 bridgehead atoms. The molecule has 1 unspecified atom stereocenters. The van der Waals surface area contributed by atoms with E-state index in [1.165, 1.54) is 0 Å². The van der Waals surface area contributed by atoms with Crippen molar-refractivity contribution >= 4 is 51.8 Å². The maximum Gasteiger partial charge on any atom is 0.222 e. The molecule has 1 amide bonds. The summed E-state index contributed by atoms with van der Waals surface area (Å²) in [6.45, 7) is 4.64. The molecule has 1 atom stereocenters. The molecule has 2 N–H and O–H groups in total. The number of nitrogens with zero attached hydrogens (tertiary/aromatic N) is 2. The van der Waals surface area contributed by atoms with E-state index < -0.39 is 0 Å². The van der Waals surface area contributed by atoms with Gasteiger partial charge in [-0.25, -0.2) is 0 Å². The number of halogens is 2. The van der Waals surface area contributed by atoms with E-state index in [1.54, 1.807) is 7.05 Å². The van der Waals surface area contributed by atoms with Gasteiger partial charge in [0.2, 0.25) is 5.91 Å². The molecule has 1 aromatic carbocycles. The first-order valence-corrected chi connectivity index (χ1v) is 9.05. The minimum Gasteiger partial charge on any atom is -0.492 e. The van der Waals surface area contributed by atoms with Crippen LogP contribution in [-0.2, 0) is 4.79 Å². The van der Waals surface area contributed by atoms with Crippen LogP contribution in [0.15, 0.2) is 33.7 Å². The third kappa shape index (κ3) is 7.39. The Balaban J connectivity index is 0.00000312. The third-order valence-electron chi connectivity index (χ3n) is 3.87. The fourth-order valence-corrected chi connectivity index (χ4v) is 2.99. The van der Waals surface area contributed by atoms with Crippen LogP contribution < -0.4 is 15.4 Å². The standard InChI is InChI=1S/C17H25BrN4O2.HI/c1-3-16(23)22-9-7-14(12-22)21-17(19-2)20-8-10-24-15-6-4-5-13(18)11-15;/h4-6,11,14H,3,7-10,12H2,1-2H3,(H2,19,20,21);1H. The molecule has 8 heteroatoms. The van der Waals surface area contributed by atoms with Gasteiger partial charge in [0.1, 0.15) is 12.4 Å². The normalized spacial score (nSPS) is 17.0. The molecule has 0 spiro atoms. The highest BCUT2D eigenvalue weighted by Crippen LogP contribution is 2.17. The number of ether oxygens (including phenoxy) is 1. The molecule has 0 aliphatic carbocycles. The van der Waals surface area contributed by atoms with Crippen molar-refractivity contribution in [2.24, 2.45) is 4.99 Å². The Morgan fingerprint density at radius 1 is 1.48 bits per heavy atom. The molecular weight excluding hydrogens is 499 g/mol. The van der Waals surface area contributed by atoms with Gasteiger partial charge in [-0.05, 0) is 24.6 Å². The molecule has 0 aromatic heterocycles. The van der Waals surface area contributed by atoms with Crippen LogP contribution in [0.5, 0.6) is 5.75 Å². The van der Waals surface area contributed by atoms with Crippen molar-refractivity contribution in [2.75, 3.05) is 33.3 Å². The van der Waals surface area contributed by atoms with Gasteiger partial charge in [0, 0.05) is 37.1 Å². The predicted octanol–water partition coefficient (Wildman–Crippen LogP) is 2.62. The van der Waals surface area contributed by atoms with E-state index >= 15 is 0 Å². The van der Waals surface area contributed by atoms with Crippen molar-refractivity contribution in [3.8, 4) is 5.75 Å². The highest BCUT2D eigenvalue weighted by atomic mass is 127. The lowest BCUT2D eigenvalue weighted by Crippen LogP contribution is -2.46. The van der Waals surface area contributed by atoms with E-state index in [0.717, 1.165) is 35.7 Å². The minimum atomic E-state index is 0. The van der Waals surface area contributed by atoms with Crippen molar-refractivity contribution in [1.82, 2.24) is 15.5 Å². The van der Waals surface area contributed by atoms with Crippen LogP contribution in [0.25, 0.3) is 0 Å². The first-order chi connectivity index (χ1) is 11.6. The molecule has 1 fully saturated rings. The maximum atomic E-state index is 11.7. The van der Waals surface area contributed by atoms with Crippen molar-refractivity contribution in [3.63, 3.8) is 0 Å². The highest BCUT2D eigenvalue weighted by Gasteiger charge is 2.25. The number of benzene rings is 1. The third-order valence-corrected chi connectivity index (χ3v) is 4.36. The molecule has 2 rings (SSSR count). The van der Waals surface area contributed by atoms with Crippen LogP contribution in [0.2, 0.25) is 0 Å². The molecule has 1 aromatic rings. The van der Waals surface area contributed by atoms with E-state index in [-0.39, 0.29) is 35.9 Å². The fourth-order valence-electron chi connectivity index (χ4n) is 2.61. The molecule has 0 saturated carbocycles. The average molecular weight is 525 g/mol. The van der Waals surface area contributed by atoms with Crippen molar-refractivity contribution in [3.05, 3.63) is 28.7 Å². The Kier molecular flexibility index (Phi) is 10.2. The molecule has 6 nitrogen and oxygen atoms in total. The second kappa shape index (κ2) is 11.6. The topological polar surface area (TPSA) is 66.0 Å². The number of carbonyl (C=O) groups is 1. The van der Waals surface area contributed by atoms with Gasteiger partial charge >= 0.3 is 0 Å². The summed E-state index contributed by atoms with van der Waals surface area (Å²) >= 11 is 3.42. The Labute approximate surface area is 174 Å². The van der Waals surface area contributed by atoms with Crippen molar-refractivity contribution < 1.29 is 9.53 Å². The Morgan fingerprint density at radius 3 is 2.96 bits per heavy atom. The number of carbonyl (C=O) groups excluding carboxylic acids is 1. The van der Waals surface area contributed by atoms with Gasteiger partial charge in [-0.1, -0.05) is 28.9 Å². The number of hydrogen-bond acceptors (Lipinski definition) is 3. The zero-order valence-corrected chi connectivity index (χ0v) is 18.5. The predicted molar refractivity (Wildman–Crippen MR) is 115 cm³/mol. The van der Waals surface area contributed by atoms with E-state index in [2.05, 4.69) is 31.6 Å². The summed E-state index contributed by atoms with van der Waals surface area (Å²) in [4.78, 5) is 17.8. The minimum absolute atomic E-state index is 0. The number of aliphatic imine (C=N–C) groups is 1. The summed E-state index contributed by atoms with van der Waals surface area (Å²) in [5.41, 5.74) is 0. The van der Waals surface area contributed by atoms with Crippen LogP contribution in [0.4, 0.5) is 0 Å². The lowest BCUT2D eigenvalue weighted by atomic mass is 10.3. The number of nitrogens with one attached hydrogen (secondary N) is 2. The molecule has 1 aliphatic heterocycles. The molecule has 25 heavy (non-hydrogen) atoms. The summed E-state index contributed by atoms with van der Waals surface area (Å²) in [6.07, 6.45) is 1.51. The maximum absolute atomic E-state index is 11.7. The molecule has 1 saturated heterocycles. The zero-order valence-electron chi connectivity index (χ0n) is 14.6. The van der Waals surface area contributed by atoms with E-state index in [4.69, 9.17) is 4.74 Å². The highest BCUT2D eigenvalue weighted by molar-refractivity contribution is 14.0. The lowest BCUT2D eigenvalue weighted by molar-refractivity contribution is -0.129. The van der Waals surface area contributed by atoms with Crippen LogP contribution >= 0.6 is 39.9 Å². The van der Waals surface area contributed by atoms with Gasteiger partial charge in [0.05, 0.1) is 6.54 Å². The smallest absolute Gasteiger partial charge is 0.222 e. The van der Waals surface area contributed by atoms with Gasteiger partial charge < -0.3 is 20.3 Å². The fraction of sp³-hybridized carbons (Fsp3) is 0.529. The Bertz CT molecular complexity index is 586. The van der Waals surface area contributed by atoms with E-state index in [9.17, 15) is 4.79 Å². The van der Waals surface area contributed by atoms with E-state index in [1.807, 2.05) is 36.1 Å². The first kappa shape index (κ1) is 22.0. The molecule has 1 aliphatic rings. The zero-order chi connectivity index (χ0) is 17.4. The number of hydrogen-bond donors (Lipinski definition) is 2. The number of rotatable bonds is 6. The number of amides is 1. The van der Waals surface area contributed by atoms with Crippen molar-refractivity contribution in [1.29, 1.82) is 0 Å². The quantitative estimate of drug-likeness (QED) is 0.260. The first-order valence-electron chi connectivity index (χ1n) is 8.25. The summed E-state index contributed by atoms with van der Waals surface area (Å²) in [7, 11) is 1.74. The van der Waals surface area contributed by atoms with Gasteiger partial charge in [-0.3, -0.25) is 9.79 Å². The second-order valence-electron chi connectivity index (χ2n) is 5.63. The summed E-state index contributed by atoms with van der Waals surface area (Å²) in [5, 5.41) is 6.60. The average Bonchev–Trinajstić information content (AvgIpc) is 3.05. The van der Waals surface area contributed by atoms with Crippen LogP contribution in [0, 0.1) is 0 Å².